The zero-order chi connectivity index (χ0) is 22.2. The number of rotatable bonds is 6. The van der Waals surface area contributed by atoms with Crippen molar-refractivity contribution in [1.82, 2.24) is 16.2 Å². The number of nitrogens with one attached hydrogen (secondary N) is 3. The van der Waals surface area contributed by atoms with Crippen LogP contribution < -0.4 is 25.6 Å². The summed E-state index contributed by atoms with van der Waals surface area (Å²) in [6.45, 7) is 1.62. The van der Waals surface area contributed by atoms with Crippen LogP contribution in [0.2, 0.25) is 0 Å². The first kappa shape index (κ1) is 22.0. The summed E-state index contributed by atoms with van der Waals surface area (Å²) in [5, 5.41) is 4.61. The van der Waals surface area contributed by atoms with E-state index in [1.807, 2.05) is 42.5 Å². The first-order valence-electron chi connectivity index (χ1n) is 9.62. The summed E-state index contributed by atoms with van der Waals surface area (Å²) in [7, 11) is 1.58. The van der Waals surface area contributed by atoms with Crippen LogP contribution in [0.1, 0.15) is 12.5 Å². The van der Waals surface area contributed by atoms with Crippen LogP contribution in [0.5, 0.6) is 11.5 Å². The fourth-order valence-corrected chi connectivity index (χ4v) is 3.01. The van der Waals surface area contributed by atoms with E-state index in [9.17, 15) is 9.59 Å². The highest BCUT2D eigenvalue weighted by Gasteiger charge is 2.15. The average molecular weight is 438 g/mol. The van der Waals surface area contributed by atoms with Gasteiger partial charge in [-0.1, -0.05) is 42.5 Å². The van der Waals surface area contributed by atoms with Gasteiger partial charge in [-0.05, 0) is 59.7 Å². The highest BCUT2D eigenvalue weighted by molar-refractivity contribution is 7.80. The lowest BCUT2D eigenvalue weighted by molar-refractivity contribution is -0.128. The Morgan fingerprint density at radius 3 is 2.32 bits per heavy atom. The molecule has 31 heavy (non-hydrogen) atoms. The lowest BCUT2D eigenvalue weighted by atomic mass is 10.1. The maximum absolute atomic E-state index is 12.3. The van der Waals surface area contributed by atoms with E-state index < -0.39 is 12.0 Å². The number of carbonyl (C=O) groups excluding carboxylic acids is 2. The van der Waals surface area contributed by atoms with Crippen LogP contribution in [-0.4, -0.2) is 30.1 Å². The summed E-state index contributed by atoms with van der Waals surface area (Å²) < 4.78 is 10.8. The minimum atomic E-state index is -0.772. The van der Waals surface area contributed by atoms with Crippen LogP contribution in [0.15, 0.2) is 66.7 Å². The third kappa shape index (κ3) is 6.42. The number of hydrazine groups is 1. The molecule has 0 radical (unpaired) electrons. The SMILES string of the molecule is COc1ccc(CC(=O)NC(=S)NNC(=O)C(C)Oc2ccc3ccccc3c2)cc1. The number of ether oxygens (including phenoxy) is 2. The van der Waals surface area contributed by atoms with Crippen LogP contribution >= 0.6 is 12.2 Å². The topological polar surface area (TPSA) is 88.7 Å². The van der Waals surface area contributed by atoms with Crippen molar-refractivity contribution in [2.45, 2.75) is 19.4 Å². The molecule has 3 aromatic rings. The molecule has 0 saturated carbocycles. The molecule has 0 spiro atoms. The molecule has 1 unspecified atom stereocenters. The molecule has 160 valence electrons. The third-order valence-corrected chi connectivity index (χ3v) is 4.68. The van der Waals surface area contributed by atoms with Gasteiger partial charge in [0.25, 0.3) is 5.91 Å². The van der Waals surface area contributed by atoms with Gasteiger partial charge in [0, 0.05) is 0 Å². The van der Waals surface area contributed by atoms with Gasteiger partial charge in [-0.3, -0.25) is 20.4 Å². The lowest BCUT2D eigenvalue weighted by Gasteiger charge is -2.16. The molecule has 0 fully saturated rings. The van der Waals surface area contributed by atoms with Crippen LogP contribution in [0.4, 0.5) is 0 Å². The molecule has 0 aromatic heterocycles. The molecule has 1 atom stereocenters. The Hall–Kier alpha value is -3.65. The predicted molar refractivity (Wildman–Crippen MR) is 123 cm³/mol. The fourth-order valence-electron chi connectivity index (χ4n) is 2.85. The van der Waals surface area contributed by atoms with E-state index in [2.05, 4.69) is 16.2 Å². The van der Waals surface area contributed by atoms with Gasteiger partial charge in [0.05, 0.1) is 13.5 Å². The monoisotopic (exact) mass is 437 g/mol. The molecule has 3 rings (SSSR count). The molecule has 3 N–H and O–H groups in total. The van der Waals surface area contributed by atoms with Gasteiger partial charge >= 0.3 is 0 Å². The second kappa shape index (κ2) is 10.4. The van der Waals surface area contributed by atoms with E-state index >= 15 is 0 Å². The summed E-state index contributed by atoms with van der Waals surface area (Å²) in [6.07, 6.45) is -0.632. The van der Waals surface area contributed by atoms with Gasteiger partial charge < -0.3 is 14.8 Å². The molecule has 0 aliphatic rings. The summed E-state index contributed by atoms with van der Waals surface area (Å²) >= 11 is 5.05. The molecule has 3 aromatic carbocycles. The quantitative estimate of drug-likeness (QED) is 0.406. The van der Waals surface area contributed by atoms with Crippen LogP contribution in [-0.2, 0) is 16.0 Å². The van der Waals surface area contributed by atoms with E-state index in [1.165, 1.54) is 0 Å². The summed E-state index contributed by atoms with van der Waals surface area (Å²) in [6, 6.07) is 20.6. The lowest BCUT2D eigenvalue weighted by Crippen LogP contribution is -2.51. The molecular formula is C23H23N3O4S. The van der Waals surface area contributed by atoms with Crippen LogP contribution in [0.3, 0.4) is 0 Å². The number of hydrogen-bond acceptors (Lipinski definition) is 5. The van der Waals surface area contributed by atoms with Gasteiger partial charge in [0.2, 0.25) is 5.91 Å². The Bertz CT molecular complexity index is 1090. The zero-order valence-electron chi connectivity index (χ0n) is 17.2. The standard InChI is InChI=1S/C23H23N3O4S/c1-15(30-20-12-9-17-5-3-4-6-18(17)14-20)22(28)25-26-23(31)24-21(27)13-16-7-10-19(29-2)11-8-16/h3-12,14-15H,13H2,1-2H3,(H,25,28)(H2,24,26,27,31). The van der Waals surface area contributed by atoms with E-state index in [4.69, 9.17) is 21.7 Å². The van der Waals surface area contributed by atoms with Crippen molar-refractivity contribution in [2.75, 3.05) is 7.11 Å². The molecule has 0 saturated heterocycles. The first-order valence-corrected chi connectivity index (χ1v) is 10.0. The Morgan fingerprint density at radius 2 is 1.61 bits per heavy atom. The predicted octanol–water partition coefficient (Wildman–Crippen LogP) is 2.88. The second-order valence-corrected chi connectivity index (χ2v) is 7.19. The Kier molecular flexibility index (Phi) is 7.40. The third-order valence-electron chi connectivity index (χ3n) is 4.48. The maximum Gasteiger partial charge on any atom is 0.279 e. The normalized spacial score (nSPS) is 11.3. The zero-order valence-corrected chi connectivity index (χ0v) is 18.0. The van der Waals surface area contributed by atoms with E-state index in [0.29, 0.717) is 11.5 Å². The summed E-state index contributed by atoms with van der Waals surface area (Å²) in [5.74, 6) is 0.554. The van der Waals surface area contributed by atoms with Crippen molar-refractivity contribution >= 4 is 39.9 Å². The number of hydrogen-bond donors (Lipinski definition) is 3. The molecule has 2 amide bonds. The molecule has 0 bridgehead atoms. The number of carbonyl (C=O) groups is 2. The van der Waals surface area contributed by atoms with Gasteiger partial charge in [0.1, 0.15) is 11.5 Å². The minimum absolute atomic E-state index is 0.00948. The molecule has 0 aliphatic carbocycles. The Labute approximate surface area is 185 Å². The molecule has 0 aliphatic heterocycles. The molecule has 0 heterocycles. The largest absolute Gasteiger partial charge is 0.497 e. The molecule has 8 heteroatoms. The minimum Gasteiger partial charge on any atom is -0.497 e. The smallest absolute Gasteiger partial charge is 0.279 e. The van der Waals surface area contributed by atoms with Gasteiger partial charge in [-0.25, -0.2) is 0 Å². The van der Waals surface area contributed by atoms with Crippen molar-refractivity contribution < 1.29 is 19.1 Å². The number of amides is 2. The van der Waals surface area contributed by atoms with Gasteiger partial charge in [-0.15, -0.1) is 0 Å². The fraction of sp³-hybridized carbons (Fsp3) is 0.174. The average Bonchev–Trinajstić information content (AvgIpc) is 2.77. The number of fused-ring (bicyclic) bond motifs is 1. The van der Waals surface area contributed by atoms with Crippen molar-refractivity contribution in [3.8, 4) is 11.5 Å². The number of methoxy groups -OCH3 is 1. The van der Waals surface area contributed by atoms with Gasteiger partial charge in [-0.2, -0.15) is 0 Å². The summed E-state index contributed by atoms with van der Waals surface area (Å²) in [4.78, 5) is 24.4. The Balaban J connectivity index is 1.43. The van der Waals surface area contributed by atoms with Crippen molar-refractivity contribution in [1.29, 1.82) is 0 Å². The molecular weight excluding hydrogens is 414 g/mol. The van der Waals surface area contributed by atoms with Crippen LogP contribution in [0, 0.1) is 0 Å². The van der Waals surface area contributed by atoms with Crippen molar-refractivity contribution in [3.63, 3.8) is 0 Å². The van der Waals surface area contributed by atoms with E-state index in [-0.39, 0.29) is 17.4 Å². The first-order chi connectivity index (χ1) is 14.9. The number of thiocarbonyl (C=S) groups is 1. The highest BCUT2D eigenvalue weighted by Crippen LogP contribution is 2.21. The van der Waals surface area contributed by atoms with Crippen molar-refractivity contribution in [3.05, 3.63) is 72.3 Å². The van der Waals surface area contributed by atoms with E-state index in [0.717, 1.165) is 16.3 Å². The van der Waals surface area contributed by atoms with E-state index in [1.54, 1.807) is 38.3 Å². The summed E-state index contributed by atoms with van der Waals surface area (Å²) in [5.41, 5.74) is 5.76. The van der Waals surface area contributed by atoms with Crippen molar-refractivity contribution in [2.24, 2.45) is 0 Å². The maximum atomic E-state index is 12.3. The highest BCUT2D eigenvalue weighted by atomic mass is 32.1. The Morgan fingerprint density at radius 1 is 0.935 bits per heavy atom. The second-order valence-electron chi connectivity index (χ2n) is 6.79. The van der Waals surface area contributed by atoms with Gasteiger partial charge in [0.15, 0.2) is 11.2 Å². The van der Waals surface area contributed by atoms with Crippen LogP contribution in [0.25, 0.3) is 10.8 Å². The molecule has 7 nitrogen and oxygen atoms in total. The number of benzene rings is 3.